The minimum Gasteiger partial charge on any atom is -0.336 e. The number of nitrogens with one attached hydrogen (secondary N) is 1. The molecule has 6 heteroatoms. The molecule has 1 aliphatic carbocycles. The second kappa shape index (κ2) is 8.14. The van der Waals surface area contributed by atoms with Gasteiger partial charge in [0.2, 0.25) is 5.91 Å². The maximum absolute atomic E-state index is 13.4. The standard InChI is InChI=1S/C26H32N4O2/c31-24(11-10-23-27-21-8-2-1-7-20(21)26(32)28-23)30-13-5-6-17-14-18-15-19(25(17)30)16-29-12-4-3-9-22(18)29/h1-2,7-8,14,18-19,22,25H,3-6,9-13,15-16H2,(H,27,28,32). The number of piperidine rings is 3. The van der Waals surface area contributed by atoms with Crippen LogP contribution >= 0.6 is 0 Å². The average molecular weight is 433 g/mol. The van der Waals surface area contributed by atoms with Crippen molar-refractivity contribution < 1.29 is 4.79 Å². The van der Waals surface area contributed by atoms with E-state index in [9.17, 15) is 9.59 Å². The third-order valence-electron chi connectivity index (χ3n) is 8.22. The molecule has 0 radical (unpaired) electrons. The molecule has 168 valence electrons. The number of benzene rings is 1. The van der Waals surface area contributed by atoms with Gasteiger partial charge in [-0.1, -0.05) is 30.2 Å². The number of hydrogen-bond donors (Lipinski definition) is 1. The summed E-state index contributed by atoms with van der Waals surface area (Å²) in [4.78, 5) is 38.1. The number of fused-ring (bicyclic) bond motifs is 7. The lowest BCUT2D eigenvalue weighted by Crippen LogP contribution is -2.60. The number of carbonyl (C=O) groups excluding carboxylic acids is 1. The number of aryl methyl sites for hydroxylation is 1. The molecule has 1 N–H and O–H groups in total. The number of H-pyrrole nitrogens is 1. The van der Waals surface area contributed by atoms with Gasteiger partial charge in [-0.05, 0) is 62.6 Å². The SMILES string of the molecule is O=C(CCc1nc2ccccc2c(=O)[nH]1)N1CCCC2=CC3CC(CN4CCCCC34)C21. The van der Waals surface area contributed by atoms with Gasteiger partial charge in [0.25, 0.3) is 5.56 Å². The van der Waals surface area contributed by atoms with Crippen LogP contribution in [-0.4, -0.2) is 57.4 Å². The molecular weight excluding hydrogens is 400 g/mol. The highest BCUT2D eigenvalue weighted by Gasteiger charge is 2.46. The van der Waals surface area contributed by atoms with Crippen LogP contribution in [0, 0.1) is 11.8 Å². The smallest absolute Gasteiger partial charge is 0.258 e. The van der Waals surface area contributed by atoms with Crippen molar-refractivity contribution in [2.24, 2.45) is 11.8 Å². The van der Waals surface area contributed by atoms with Crippen LogP contribution in [0.1, 0.15) is 50.8 Å². The number of aromatic nitrogens is 2. The molecule has 3 aliphatic heterocycles. The minimum absolute atomic E-state index is 0.127. The molecule has 6 nitrogen and oxygen atoms in total. The van der Waals surface area contributed by atoms with Crippen LogP contribution in [-0.2, 0) is 11.2 Å². The molecule has 0 spiro atoms. The van der Waals surface area contributed by atoms with Crippen molar-refractivity contribution in [2.75, 3.05) is 19.6 Å². The van der Waals surface area contributed by atoms with E-state index < -0.39 is 0 Å². The summed E-state index contributed by atoms with van der Waals surface area (Å²) in [6.07, 6.45) is 10.9. The van der Waals surface area contributed by atoms with E-state index in [0.29, 0.717) is 41.4 Å². The molecule has 1 aromatic carbocycles. The second-order valence-corrected chi connectivity index (χ2v) is 10.1. The maximum atomic E-state index is 13.4. The fourth-order valence-electron chi connectivity index (χ4n) is 6.88. The maximum Gasteiger partial charge on any atom is 0.258 e. The van der Waals surface area contributed by atoms with E-state index in [1.54, 1.807) is 6.07 Å². The van der Waals surface area contributed by atoms with Gasteiger partial charge in [0.15, 0.2) is 0 Å². The second-order valence-electron chi connectivity index (χ2n) is 10.1. The number of rotatable bonds is 3. The molecule has 3 saturated heterocycles. The van der Waals surface area contributed by atoms with Gasteiger partial charge in [-0.25, -0.2) is 4.98 Å². The van der Waals surface area contributed by atoms with E-state index in [-0.39, 0.29) is 17.5 Å². The Morgan fingerprint density at radius 3 is 3.00 bits per heavy atom. The van der Waals surface area contributed by atoms with E-state index in [2.05, 4.69) is 25.8 Å². The number of amides is 1. The van der Waals surface area contributed by atoms with Gasteiger partial charge < -0.3 is 9.88 Å². The van der Waals surface area contributed by atoms with Gasteiger partial charge in [-0.3, -0.25) is 14.5 Å². The monoisotopic (exact) mass is 432 g/mol. The predicted molar refractivity (Wildman–Crippen MR) is 124 cm³/mol. The average Bonchev–Trinajstić information content (AvgIpc) is 2.82. The number of hydrogen-bond acceptors (Lipinski definition) is 4. The summed E-state index contributed by atoms with van der Waals surface area (Å²) in [5, 5.41) is 0.596. The molecule has 32 heavy (non-hydrogen) atoms. The van der Waals surface area contributed by atoms with Crippen LogP contribution in [0.25, 0.3) is 10.9 Å². The Bertz CT molecular complexity index is 1120. The Hall–Kier alpha value is -2.47. The van der Waals surface area contributed by atoms with Crippen molar-refractivity contribution in [2.45, 2.75) is 63.5 Å². The zero-order valence-electron chi connectivity index (χ0n) is 18.6. The van der Waals surface area contributed by atoms with Crippen molar-refractivity contribution in [1.29, 1.82) is 0 Å². The van der Waals surface area contributed by atoms with Crippen LogP contribution < -0.4 is 5.56 Å². The number of nitrogens with zero attached hydrogens (tertiary/aromatic N) is 3. The van der Waals surface area contributed by atoms with Crippen molar-refractivity contribution in [1.82, 2.24) is 19.8 Å². The zero-order valence-corrected chi connectivity index (χ0v) is 18.6. The number of carbonyl (C=O) groups is 1. The van der Waals surface area contributed by atoms with Crippen LogP contribution in [0.3, 0.4) is 0 Å². The van der Waals surface area contributed by atoms with Crippen molar-refractivity contribution in [3.63, 3.8) is 0 Å². The fourth-order valence-corrected chi connectivity index (χ4v) is 6.88. The molecule has 4 heterocycles. The van der Waals surface area contributed by atoms with E-state index >= 15 is 0 Å². The Morgan fingerprint density at radius 2 is 2.06 bits per heavy atom. The zero-order chi connectivity index (χ0) is 21.7. The molecule has 4 unspecified atom stereocenters. The molecule has 1 aromatic heterocycles. The highest BCUT2D eigenvalue weighted by Crippen LogP contribution is 2.45. The van der Waals surface area contributed by atoms with E-state index in [1.165, 1.54) is 37.8 Å². The normalized spacial score (nSPS) is 29.9. The molecule has 2 bridgehead atoms. The predicted octanol–water partition coefficient (Wildman–Crippen LogP) is 3.28. The highest BCUT2D eigenvalue weighted by atomic mass is 16.2. The van der Waals surface area contributed by atoms with Crippen LogP contribution in [0.4, 0.5) is 0 Å². The third-order valence-corrected chi connectivity index (χ3v) is 8.22. The lowest BCUT2D eigenvalue weighted by Gasteiger charge is -2.54. The number of para-hydroxylation sites is 1. The minimum atomic E-state index is -0.127. The molecule has 6 rings (SSSR count). The van der Waals surface area contributed by atoms with Crippen molar-refractivity contribution >= 4 is 16.8 Å². The summed E-state index contributed by atoms with van der Waals surface area (Å²) in [5.41, 5.74) is 2.09. The molecule has 2 aromatic rings. The lowest BCUT2D eigenvalue weighted by atomic mass is 9.68. The molecule has 4 aliphatic rings. The fraction of sp³-hybridized carbons (Fsp3) is 0.577. The topological polar surface area (TPSA) is 69.3 Å². The molecule has 1 amide bonds. The number of aromatic amines is 1. The summed E-state index contributed by atoms with van der Waals surface area (Å²) >= 11 is 0. The van der Waals surface area contributed by atoms with E-state index in [0.717, 1.165) is 32.0 Å². The molecule has 0 saturated carbocycles. The van der Waals surface area contributed by atoms with Crippen molar-refractivity contribution in [3.05, 3.63) is 52.1 Å². The molecular formula is C26H32N4O2. The van der Waals surface area contributed by atoms with E-state index in [1.807, 2.05) is 18.2 Å². The Labute approximate surface area is 188 Å². The Morgan fingerprint density at radius 1 is 1.16 bits per heavy atom. The van der Waals surface area contributed by atoms with Crippen LogP contribution in [0.15, 0.2) is 40.7 Å². The first-order valence-corrected chi connectivity index (χ1v) is 12.4. The van der Waals surface area contributed by atoms with Crippen LogP contribution in [0.2, 0.25) is 0 Å². The number of likely N-dealkylation sites (tertiary alicyclic amines) is 1. The first-order chi connectivity index (χ1) is 15.7. The summed E-state index contributed by atoms with van der Waals surface area (Å²) in [5.74, 6) is 2.06. The first-order valence-electron chi connectivity index (χ1n) is 12.4. The van der Waals surface area contributed by atoms with Gasteiger partial charge in [-0.2, -0.15) is 0 Å². The lowest BCUT2D eigenvalue weighted by molar-refractivity contribution is -0.136. The van der Waals surface area contributed by atoms with Gasteiger partial charge >= 0.3 is 0 Å². The van der Waals surface area contributed by atoms with Gasteiger partial charge in [0.05, 0.1) is 16.9 Å². The van der Waals surface area contributed by atoms with Gasteiger partial charge in [-0.15, -0.1) is 0 Å². The van der Waals surface area contributed by atoms with Gasteiger partial charge in [0.1, 0.15) is 5.82 Å². The Balaban J connectivity index is 1.20. The Kier molecular flexibility index (Phi) is 5.13. The summed E-state index contributed by atoms with van der Waals surface area (Å²) in [7, 11) is 0. The summed E-state index contributed by atoms with van der Waals surface area (Å²) in [6.45, 7) is 3.22. The molecule has 3 fully saturated rings. The quantitative estimate of drug-likeness (QED) is 0.756. The third kappa shape index (κ3) is 3.49. The largest absolute Gasteiger partial charge is 0.336 e. The van der Waals surface area contributed by atoms with Crippen LogP contribution in [0.5, 0.6) is 0 Å². The summed E-state index contributed by atoms with van der Waals surface area (Å²) < 4.78 is 0. The van der Waals surface area contributed by atoms with E-state index in [4.69, 9.17) is 0 Å². The van der Waals surface area contributed by atoms with Gasteiger partial charge in [0, 0.05) is 32.0 Å². The summed E-state index contributed by atoms with van der Waals surface area (Å²) in [6, 6.07) is 8.38. The van der Waals surface area contributed by atoms with Crippen molar-refractivity contribution in [3.8, 4) is 0 Å². The first kappa shape index (κ1) is 20.2. The highest BCUT2D eigenvalue weighted by molar-refractivity contribution is 5.78. The molecule has 4 atom stereocenters.